The number of benzene rings is 1. The summed E-state index contributed by atoms with van der Waals surface area (Å²) in [7, 11) is 0. The van der Waals surface area contributed by atoms with E-state index in [1.54, 1.807) is 12.1 Å². The monoisotopic (exact) mass is 393 g/mol. The fraction of sp³-hybridized carbons (Fsp3) is 0.389. The van der Waals surface area contributed by atoms with E-state index in [1.165, 1.54) is 11.3 Å². The Hall–Kier alpha value is -1.96. The summed E-state index contributed by atoms with van der Waals surface area (Å²) in [5, 5.41) is 13.2. The van der Waals surface area contributed by atoms with Gasteiger partial charge in [-0.1, -0.05) is 30.7 Å². The van der Waals surface area contributed by atoms with E-state index in [2.05, 4.69) is 10.3 Å². The van der Waals surface area contributed by atoms with Crippen LogP contribution in [0.1, 0.15) is 11.8 Å². The first kappa shape index (κ1) is 18.8. The van der Waals surface area contributed by atoms with Gasteiger partial charge in [-0.2, -0.15) is 0 Å². The van der Waals surface area contributed by atoms with Gasteiger partial charge in [0.25, 0.3) is 0 Å². The number of hydrogen-bond acceptors (Lipinski definition) is 5. The van der Waals surface area contributed by atoms with E-state index in [9.17, 15) is 14.7 Å². The summed E-state index contributed by atoms with van der Waals surface area (Å²) in [6.07, 6.45) is 0. The van der Waals surface area contributed by atoms with E-state index in [0.29, 0.717) is 23.2 Å². The fourth-order valence-corrected chi connectivity index (χ4v) is 4.18. The Labute approximate surface area is 160 Å². The predicted octanol–water partition coefficient (Wildman–Crippen LogP) is 3.36. The quantitative estimate of drug-likeness (QED) is 0.813. The Morgan fingerprint density at radius 2 is 2.04 bits per heavy atom. The molecule has 1 aromatic carbocycles. The number of carbonyl (C=O) groups excluding carboxylic acids is 1. The van der Waals surface area contributed by atoms with Gasteiger partial charge < -0.3 is 10.4 Å². The molecule has 2 atom stereocenters. The van der Waals surface area contributed by atoms with Crippen LogP contribution in [0, 0.1) is 18.8 Å². The topological polar surface area (TPSA) is 82.5 Å². The highest BCUT2D eigenvalue weighted by Crippen LogP contribution is 2.31. The Bertz CT molecular complexity index is 822. The largest absolute Gasteiger partial charge is 0.481 e. The number of likely N-dealkylation sites (tertiary alicyclic amines) is 1. The molecule has 0 radical (unpaired) electrons. The number of carbonyl (C=O) groups is 2. The summed E-state index contributed by atoms with van der Waals surface area (Å²) in [5.74, 6) is -1.36. The minimum absolute atomic E-state index is 0.0407. The van der Waals surface area contributed by atoms with Gasteiger partial charge in [0.15, 0.2) is 5.13 Å². The van der Waals surface area contributed by atoms with Gasteiger partial charge >= 0.3 is 5.97 Å². The second kappa shape index (κ2) is 7.73. The minimum atomic E-state index is -0.802. The number of carboxylic acid groups (broad SMARTS) is 1. The molecule has 8 heteroatoms. The van der Waals surface area contributed by atoms with Crippen molar-refractivity contribution in [3.63, 3.8) is 0 Å². The van der Waals surface area contributed by atoms with Gasteiger partial charge in [0, 0.05) is 28.6 Å². The number of anilines is 1. The van der Waals surface area contributed by atoms with E-state index in [-0.39, 0.29) is 18.4 Å². The Morgan fingerprint density at radius 1 is 1.35 bits per heavy atom. The molecule has 0 aliphatic carbocycles. The third-order valence-corrected chi connectivity index (χ3v) is 5.67. The van der Waals surface area contributed by atoms with Gasteiger partial charge in [-0.15, -0.1) is 11.3 Å². The number of halogens is 1. The molecule has 2 N–H and O–H groups in total. The van der Waals surface area contributed by atoms with Crippen molar-refractivity contribution in [2.75, 3.05) is 25.0 Å². The maximum atomic E-state index is 12.3. The number of hydrogen-bond donors (Lipinski definition) is 2. The number of amides is 1. The Morgan fingerprint density at radius 3 is 2.65 bits per heavy atom. The molecule has 6 nitrogen and oxygen atoms in total. The van der Waals surface area contributed by atoms with Crippen molar-refractivity contribution in [3.8, 4) is 11.3 Å². The number of carboxylic acids is 1. The SMILES string of the molecule is Cc1sc(NC(=O)CN2C[C@@H](C)[C@H](C(=O)O)C2)nc1-c1ccc(Cl)cc1. The zero-order valence-corrected chi connectivity index (χ0v) is 16.1. The molecule has 1 fully saturated rings. The lowest BCUT2D eigenvalue weighted by Gasteiger charge is -2.13. The van der Waals surface area contributed by atoms with Gasteiger partial charge in [-0.25, -0.2) is 4.98 Å². The van der Waals surface area contributed by atoms with Crippen molar-refractivity contribution in [1.29, 1.82) is 0 Å². The van der Waals surface area contributed by atoms with Crippen molar-refractivity contribution < 1.29 is 14.7 Å². The molecule has 1 aliphatic rings. The molecule has 1 saturated heterocycles. The van der Waals surface area contributed by atoms with Gasteiger partial charge in [0.1, 0.15) is 0 Å². The molecule has 1 aromatic heterocycles. The fourth-order valence-electron chi connectivity index (χ4n) is 3.21. The predicted molar refractivity (Wildman–Crippen MR) is 103 cm³/mol. The molecule has 0 bridgehead atoms. The summed E-state index contributed by atoms with van der Waals surface area (Å²) in [6, 6.07) is 7.41. The van der Waals surface area contributed by atoms with Crippen LogP contribution in [-0.4, -0.2) is 46.5 Å². The minimum Gasteiger partial charge on any atom is -0.481 e. The molecular weight excluding hydrogens is 374 g/mol. The summed E-state index contributed by atoms with van der Waals surface area (Å²) >= 11 is 7.33. The third kappa shape index (κ3) is 4.23. The third-order valence-electron chi connectivity index (χ3n) is 4.53. The van der Waals surface area contributed by atoms with Crippen molar-refractivity contribution in [2.24, 2.45) is 11.8 Å². The molecule has 0 unspecified atom stereocenters. The maximum absolute atomic E-state index is 12.3. The highest BCUT2D eigenvalue weighted by molar-refractivity contribution is 7.16. The standard InChI is InChI=1S/C18H20ClN3O3S/c1-10-7-22(8-14(10)17(24)25)9-15(23)20-18-21-16(11(2)26-18)12-3-5-13(19)6-4-12/h3-6,10,14H,7-9H2,1-2H3,(H,24,25)(H,20,21,23)/t10-,14-/m1/s1. The van der Waals surface area contributed by atoms with Gasteiger partial charge in [0.2, 0.25) is 5.91 Å². The average molecular weight is 394 g/mol. The summed E-state index contributed by atoms with van der Waals surface area (Å²) in [4.78, 5) is 30.9. The van der Waals surface area contributed by atoms with E-state index in [0.717, 1.165) is 16.1 Å². The van der Waals surface area contributed by atoms with Crippen molar-refractivity contribution in [1.82, 2.24) is 9.88 Å². The zero-order chi connectivity index (χ0) is 18.8. The van der Waals surface area contributed by atoms with Crippen LogP contribution in [-0.2, 0) is 9.59 Å². The van der Waals surface area contributed by atoms with Crippen molar-refractivity contribution in [3.05, 3.63) is 34.2 Å². The van der Waals surface area contributed by atoms with Crippen LogP contribution in [0.4, 0.5) is 5.13 Å². The molecule has 2 heterocycles. The van der Waals surface area contributed by atoms with Gasteiger partial charge in [-0.3, -0.25) is 14.5 Å². The molecule has 3 rings (SSSR count). The Balaban J connectivity index is 1.63. The van der Waals surface area contributed by atoms with E-state index >= 15 is 0 Å². The molecule has 0 spiro atoms. The number of aromatic nitrogens is 1. The van der Waals surface area contributed by atoms with Gasteiger partial charge in [0.05, 0.1) is 18.2 Å². The lowest BCUT2D eigenvalue weighted by Crippen LogP contribution is -2.32. The van der Waals surface area contributed by atoms with E-state index < -0.39 is 11.9 Å². The molecule has 138 valence electrons. The lowest BCUT2D eigenvalue weighted by atomic mass is 9.99. The first-order valence-electron chi connectivity index (χ1n) is 8.32. The molecule has 1 aliphatic heterocycles. The molecular formula is C18H20ClN3O3S. The first-order valence-corrected chi connectivity index (χ1v) is 9.51. The number of thiazole rings is 1. The summed E-state index contributed by atoms with van der Waals surface area (Å²) < 4.78 is 0. The normalized spacial score (nSPS) is 20.3. The highest BCUT2D eigenvalue weighted by atomic mass is 35.5. The van der Waals surface area contributed by atoms with Crippen molar-refractivity contribution >= 4 is 39.9 Å². The lowest BCUT2D eigenvalue weighted by molar-refractivity contribution is -0.142. The number of nitrogens with zero attached hydrogens (tertiary/aromatic N) is 2. The summed E-state index contributed by atoms with van der Waals surface area (Å²) in [5.41, 5.74) is 1.77. The Kier molecular flexibility index (Phi) is 5.60. The second-order valence-electron chi connectivity index (χ2n) is 6.59. The van der Waals surface area contributed by atoms with Crippen LogP contribution in [0.25, 0.3) is 11.3 Å². The van der Waals surface area contributed by atoms with Crippen LogP contribution in [0.15, 0.2) is 24.3 Å². The van der Waals surface area contributed by atoms with Crippen molar-refractivity contribution in [2.45, 2.75) is 13.8 Å². The average Bonchev–Trinajstić information content (AvgIpc) is 3.10. The number of nitrogens with one attached hydrogen (secondary N) is 1. The molecule has 1 amide bonds. The summed E-state index contributed by atoms with van der Waals surface area (Å²) in [6.45, 7) is 5.04. The number of aryl methyl sites for hydroxylation is 1. The second-order valence-corrected chi connectivity index (χ2v) is 8.23. The molecule has 26 heavy (non-hydrogen) atoms. The smallest absolute Gasteiger partial charge is 0.308 e. The van der Waals surface area contributed by atoms with E-state index in [1.807, 2.05) is 30.9 Å². The molecule has 2 aromatic rings. The van der Waals surface area contributed by atoms with Crippen LogP contribution in [0.3, 0.4) is 0 Å². The molecule has 0 saturated carbocycles. The van der Waals surface area contributed by atoms with Crippen LogP contribution in [0.5, 0.6) is 0 Å². The number of aliphatic carboxylic acids is 1. The zero-order valence-electron chi connectivity index (χ0n) is 14.5. The first-order chi connectivity index (χ1) is 12.3. The highest BCUT2D eigenvalue weighted by Gasteiger charge is 2.35. The van der Waals surface area contributed by atoms with Gasteiger partial charge in [-0.05, 0) is 25.0 Å². The number of rotatable bonds is 5. The van der Waals surface area contributed by atoms with Crippen LogP contribution < -0.4 is 5.32 Å². The maximum Gasteiger partial charge on any atom is 0.308 e. The van der Waals surface area contributed by atoms with Crippen LogP contribution in [0.2, 0.25) is 5.02 Å². The van der Waals surface area contributed by atoms with Crippen LogP contribution >= 0.6 is 22.9 Å². The van der Waals surface area contributed by atoms with E-state index in [4.69, 9.17) is 11.6 Å².